The van der Waals surface area contributed by atoms with Gasteiger partial charge in [-0.3, -0.25) is 14.0 Å². The second-order valence-corrected chi connectivity index (χ2v) is 6.91. The zero-order valence-corrected chi connectivity index (χ0v) is 13.1. The fourth-order valence-corrected chi connectivity index (χ4v) is 2.68. The molecular formula is C13H28N2O3S. The predicted molar refractivity (Wildman–Crippen MR) is 77.8 cm³/mol. The van der Waals surface area contributed by atoms with Crippen molar-refractivity contribution >= 4 is 10.1 Å². The lowest BCUT2D eigenvalue weighted by atomic mass is 10.2. The molecule has 0 radical (unpaired) electrons. The van der Waals surface area contributed by atoms with Gasteiger partial charge >= 0.3 is 0 Å². The van der Waals surface area contributed by atoms with E-state index in [2.05, 4.69) is 20.9 Å². The van der Waals surface area contributed by atoms with Crippen LogP contribution in [0.15, 0.2) is 0 Å². The Kier molecular flexibility index (Phi) is 7.90. The molecule has 3 rings (SSSR count). The molecule has 2 bridgehead atoms. The van der Waals surface area contributed by atoms with Gasteiger partial charge in [0.2, 0.25) is 0 Å². The lowest BCUT2D eigenvalue weighted by Crippen LogP contribution is -2.55. The Morgan fingerprint density at radius 2 is 1.37 bits per heavy atom. The molecule has 5 nitrogen and oxygen atoms in total. The molecule has 0 saturated carbocycles. The van der Waals surface area contributed by atoms with Crippen molar-refractivity contribution in [1.29, 1.82) is 0 Å². The molecule has 0 aliphatic carbocycles. The summed E-state index contributed by atoms with van der Waals surface area (Å²) in [7, 11) is -3.21. The molecule has 0 atom stereocenters. The van der Waals surface area contributed by atoms with Gasteiger partial charge in [0, 0.05) is 39.3 Å². The van der Waals surface area contributed by atoms with Gasteiger partial charge in [-0.25, -0.2) is 0 Å². The summed E-state index contributed by atoms with van der Waals surface area (Å²) < 4.78 is 25.4. The third-order valence-corrected chi connectivity index (χ3v) is 4.09. The number of rotatable bonds is 6. The maximum absolute atomic E-state index is 10.4. The van der Waals surface area contributed by atoms with E-state index in [1.807, 2.05) is 0 Å². The molecule has 3 heterocycles. The number of nitrogens with zero attached hydrogens (tertiary/aromatic N) is 2. The van der Waals surface area contributed by atoms with Crippen LogP contribution < -0.4 is 0 Å². The van der Waals surface area contributed by atoms with Crippen molar-refractivity contribution in [3.8, 4) is 0 Å². The van der Waals surface area contributed by atoms with Gasteiger partial charge in [-0.15, -0.1) is 0 Å². The highest BCUT2D eigenvalue weighted by Gasteiger charge is 2.21. The molecule has 114 valence electrons. The van der Waals surface area contributed by atoms with Crippen LogP contribution in [0.3, 0.4) is 0 Å². The summed E-state index contributed by atoms with van der Waals surface area (Å²) in [5, 5.41) is 0. The van der Waals surface area contributed by atoms with Crippen LogP contribution in [0.2, 0.25) is 0 Å². The zero-order valence-electron chi connectivity index (χ0n) is 12.3. The average Bonchev–Trinajstić information content (AvgIpc) is 2.40. The monoisotopic (exact) mass is 292 g/mol. The minimum atomic E-state index is -3.21. The van der Waals surface area contributed by atoms with Crippen LogP contribution in [0.1, 0.15) is 32.6 Å². The highest BCUT2D eigenvalue weighted by molar-refractivity contribution is 7.85. The smallest absolute Gasteiger partial charge is 0.264 e. The number of hydrogen-bond acceptors (Lipinski definition) is 5. The fourth-order valence-electron chi connectivity index (χ4n) is 2.26. The molecule has 0 N–H and O–H groups in total. The Morgan fingerprint density at radius 3 is 1.68 bits per heavy atom. The third kappa shape index (κ3) is 8.57. The van der Waals surface area contributed by atoms with E-state index in [1.54, 1.807) is 0 Å². The summed E-state index contributed by atoms with van der Waals surface area (Å²) in [6, 6.07) is 0. The molecular weight excluding hydrogens is 264 g/mol. The van der Waals surface area contributed by atoms with Crippen LogP contribution in [0.5, 0.6) is 0 Å². The van der Waals surface area contributed by atoms with Gasteiger partial charge in [-0.2, -0.15) is 8.42 Å². The van der Waals surface area contributed by atoms with Crippen molar-refractivity contribution in [1.82, 2.24) is 9.80 Å². The molecule has 3 aliphatic rings. The van der Waals surface area contributed by atoms with Gasteiger partial charge in [-0.1, -0.05) is 26.2 Å². The summed E-state index contributed by atoms with van der Waals surface area (Å²) in [6.07, 6.45) is 5.26. The van der Waals surface area contributed by atoms with Crippen molar-refractivity contribution in [2.75, 3.05) is 52.1 Å². The summed E-state index contributed by atoms with van der Waals surface area (Å²) in [4.78, 5) is 5.08. The Balaban J connectivity index is 0.000000196. The largest absolute Gasteiger partial charge is 0.300 e. The standard InChI is InChI=1S/C7H16O3S.C6H12N2/c1-3-4-5-6-7-10-11(2,8)9;1-2-8-5-3-7(1)4-6-8/h3-7H2,1-2H3;1-6H2. The first-order chi connectivity index (χ1) is 9.01. The van der Waals surface area contributed by atoms with Crippen LogP contribution in [-0.2, 0) is 14.3 Å². The van der Waals surface area contributed by atoms with Crippen LogP contribution >= 0.6 is 0 Å². The molecule has 0 amide bonds. The molecule has 3 saturated heterocycles. The lowest BCUT2D eigenvalue weighted by Gasteiger charge is -2.41. The van der Waals surface area contributed by atoms with E-state index in [4.69, 9.17) is 0 Å². The van der Waals surface area contributed by atoms with Crippen LogP contribution in [-0.4, -0.2) is 70.3 Å². The Morgan fingerprint density at radius 1 is 0.895 bits per heavy atom. The number of fused-ring (bicyclic) bond motifs is 3. The molecule has 0 aromatic rings. The second-order valence-electron chi connectivity index (χ2n) is 5.27. The van der Waals surface area contributed by atoms with Gasteiger partial charge in [-0.05, 0) is 6.42 Å². The normalized spacial score (nSPS) is 25.8. The maximum atomic E-state index is 10.4. The minimum absolute atomic E-state index is 0.332. The van der Waals surface area contributed by atoms with Gasteiger partial charge in [0.1, 0.15) is 0 Å². The van der Waals surface area contributed by atoms with E-state index >= 15 is 0 Å². The maximum Gasteiger partial charge on any atom is 0.264 e. The van der Waals surface area contributed by atoms with Crippen molar-refractivity contribution in [2.45, 2.75) is 32.6 Å². The van der Waals surface area contributed by atoms with E-state index in [0.29, 0.717) is 6.61 Å². The Labute approximate surface area is 118 Å². The van der Waals surface area contributed by atoms with Crippen molar-refractivity contribution in [3.05, 3.63) is 0 Å². The summed E-state index contributed by atoms with van der Waals surface area (Å²) in [6.45, 7) is 10.4. The van der Waals surface area contributed by atoms with Crippen LogP contribution in [0.25, 0.3) is 0 Å². The molecule has 0 aromatic carbocycles. The Bertz CT molecular complexity index is 302. The average molecular weight is 292 g/mol. The number of unbranched alkanes of at least 4 members (excludes halogenated alkanes) is 3. The molecule has 6 heteroatoms. The Hall–Kier alpha value is -0.170. The topological polar surface area (TPSA) is 49.9 Å². The SMILES string of the molecule is C1CN2CCN1CC2.CCCCCCOS(C)(=O)=O. The lowest BCUT2D eigenvalue weighted by molar-refractivity contribution is 0.0647. The molecule has 3 fully saturated rings. The minimum Gasteiger partial charge on any atom is -0.300 e. The van der Waals surface area contributed by atoms with Gasteiger partial charge < -0.3 is 0 Å². The number of piperazine rings is 3. The fraction of sp³-hybridized carbons (Fsp3) is 1.00. The van der Waals surface area contributed by atoms with E-state index < -0.39 is 10.1 Å². The van der Waals surface area contributed by atoms with Gasteiger partial charge in [0.15, 0.2) is 0 Å². The zero-order chi connectivity index (χ0) is 14.1. The molecule has 0 spiro atoms. The predicted octanol–water partition coefficient (Wildman–Crippen LogP) is 1.16. The van der Waals surface area contributed by atoms with Crippen LogP contribution in [0, 0.1) is 0 Å². The van der Waals surface area contributed by atoms with E-state index in [1.165, 1.54) is 39.3 Å². The van der Waals surface area contributed by atoms with Crippen LogP contribution in [0.4, 0.5) is 0 Å². The highest BCUT2D eigenvalue weighted by Crippen LogP contribution is 2.06. The first kappa shape index (κ1) is 16.9. The van der Waals surface area contributed by atoms with E-state index in [-0.39, 0.29) is 0 Å². The summed E-state index contributed by atoms with van der Waals surface area (Å²) in [5.41, 5.74) is 0. The first-order valence-electron chi connectivity index (χ1n) is 7.30. The van der Waals surface area contributed by atoms with E-state index in [0.717, 1.165) is 31.9 Å². The molecule has 0 unspecified atom stereocenters. The van der Waals surface area contributed by atoms with Crippen molar-refractivity contribution < 1.29 is 12.6 Å². The van der Waals surface area contributed by atoms with Gasteiger partial charge in [0.05, 0.1) is 12.9 Å². The van der Waals surface area contributed by atoms with Crippen molar-refractivity contribution in [2.24, 2.45) is 0 Å². The summed E-state index contributed by atoms with van der Waals surface area (Å²) >= 11 is 0. The van der Waals surface area contributed by atoms with Crippen molar-refractivity contribution in [3.63, 3.8) is 0 Å². The third-order valence-electron chi connectivity index (χ3n) is 3.49. The van der Waals surface area contributed by atoms with Gasteiger partial charge in [0.25, 0.3) is 10.1 Å². The summed E-state index contributed by atoms with van der Waals surface area (Å²) in [5.74, 6) is 0. The number of hydrogen-bond donors (Lipinski definition) is 0. The molecule has 0 aromatic heterocycles. The quantitative estimate of drug-likeness (QED) is 0.543. The second kappa shape index (κ2) is 8.89. The highest BCUT2D eigenvalue weighted by atomic mass is 32.2. The molecule has 19 heavy (non-hydrogen) atoms. The molecule has 3 aliphatic heterocycles. The van der Waals surface area contributed by atoms with E-state index in [9.17, 15) is 8.42 Å². The first-order valence-corrected chi connectivity index (χ1v) is 9.12.